The van der Waals surface area contributed by atoms with E-state index in [0.29, 0.717) is 30.2 Å². The molecule has 0 aromatic carbocycles. The predicted molar refractivity (Wildman–Crippen MR) is 65.4 cm³/mol. The maximum atomic E-state index is 11.9. The molecule has 7 heteroatoms. The van der Waals surface area contributed by atoms with Crippen LogP contribution in [0.4, 0.5) is 5.95 Å². The lowest BCUT2D eigenvalue weighted by molar-refractivity contribution is 0.652. The SMILES string of the molecule is CCNc1nc2c([nH]1)c(=O)n(C)c(=O)n2CC. The maximum Gasteiger partial charge on any atom is 0.332 e. The van der Waals surface area contributed by atoms with Gasteiger partial charge in [-0.15, -0.1) is 0 Å². The number of H-pyrrole nitrogens is 1. The zero-order valence-corrected chi connectivity index (χ0v) is 10.1. The highest BCUT2D eigenvalue weighted by molar-refractivity contribution is 5.72. The number of hydrogen-bond donors (Lipinski definition) is 2. The Labute approximate surface area is 97.1 Å². The van der Waals surface area contributed by atoms with Crippen LogP contribution in [0, 0.1) is 0 Å². The molecule has 0 saturated heterocycles. The van der Waals surface area contributed by atoms with Crippen molar-refractivity contribution < 1.29 is 0 Å². The fourth-order valence-electron chi connectivity index (χ4n) is 1.77. The van der Waals surface area contributed by atoms with Crippen LogP contribution in [-0.2, 0) is 13.6 Å². The summed E-state index contributed by atoms with van der Waals surface area (Å²) in [6.45, 7) is 4.93. The van der Waals surface area contributed by atoms with E-state index in [1.165, 1.54) is 11.6 Å². The highest BCUT2D eigenvalue weighted by Gasteiger charge is 2.13. The van der Waals surface area contributed by atoms with E-state index in [2.05, 4.69) is 15.3 Å². The summed E-state index contributed by atoms with van der Waals surface area (Å²) in [5, 5.41) is 2.98. The molecule has 0 bridgehead atoms. The Balaban J connectivity index is 2.87. The number of aromatic amines is 1. The standard InChI is InChI=1S/C10H15N5O2/c1-4-11-9-12-6-7(13-9)15(5-2)10(17)14(3)8(6)16/h4-5H2,1-3H3,(H2,11,12,13). The molecule has 0 spiro atoms. The number of anilines is 1. The second-order valence-corrected chi connectivity index (χ2v) is 3.71. The number of aromatic nitrogens is 4. The van der Waals surface area contributed by atoms with Gasteiger partial charge in [0.05, 0.1) is 0 Å². The van der Waals surface area contributed by atoms with E-state index >= 15 is 0 Å². The molecule has 0 unspecified atom stereocenters. The summed E-state index contributed by atoms with van der Waals surface area (Å²) in [5.74, 6) is 0.507. The van der Waals surface area contributed by atoms with Crippen molar-refractivity contribution in [3.63, 3.8) is 0 Å². The molecule has 2 N–H and O–H groups in total. The summed E-state index contributed by atoms with van der Waals surface area (Å²) >= 11 is 0. The molecular formula is C10H15N5O2. The van der Waals surface area contributed by atoms with Crippen molar-refractivity contribution in [2.45, 2.75) is 20.4 Å². The van der Waals surface area contributed by atoms with Crippen molar-refractivity contribution in [2.75, 3.05) is 11.9 Å². The van der Waals surface area contributed by atoms with Crippen molar-refractivity contribution in [1.82, 2.24) is 19.1 Å². The first kappa shape index (κ1) is 11.4. The minimum atomic E-state index is -0.355. The van der Waals surface area contributed by atoms with E-state index in [-0.39, 0.29) is 11.2 Å². The van der Waals surface area contributed by atoms with Crippen LogP contribution in [0.15, 0.2) is 9.59 Å². The van der Waals surface area contributed by atoms with Crippen LogP contribution in [0.5, 0.6) is 0 Å². The molecule has 2 rings (SSSR count). The molecule has 7 nitrogen and oxygen atoms in total. The summed E-state index contributed by atoms with van der Waals surface area (Å²) in [4.78, 5) is 30.9. The molecule has 0 saturated carbocycles. The monoisotopic (exact) mass is 237 g/mol. The summed E-state index contributed by atoms with van der Waals surface area (Å²) < 4.78 is 2.55. The molecule has 0 aliphatic heterocycles. The van der Waals surface area contributed by atoms with Gasteiger partial charge in [-0.05, 0) is 13.8 Å². The van der Waals surface area contributed by atoms with Gasteiger partial charge in [-0.2, -0.15) is 4.98 Å². The van der Waals surface area contributed by atoms with Crippen LogP contribution in [0.1, 0.15) is 13.8 Å². The van der Waals surface area contributed by atoms with E-state index in [9.17, 15) is 9.59 Å². The molecule has 0 fully saturated rings. The molecule has 92 valence electrons. The van der Waals surface area contributed by atoms with Gasteiger partial charge < -0.3 is 10.3 Å². The second kappa shape index (κ2) is 4.08. The van der Waals surface area contributed by atoms with E-state index in [1.54, 1.807) is 0 Å². The minimum Gasteiger partial charge on any atom is -0.356 e. The average molecular weight is 237 g/mol. The summed E-state index contributed by atoms with van der Waals surface area (Å²) in [7, 11) is 1.46. The van der Waals surface area contributed by atoms with Crippen molar-refractivity contribution in [3.8, 4) is 0 Å². The lowest BCUT2D eigenvalue weighted by atomic mass is 10.5. The van der Waals surface area contributed by atoms with Crippen LogP contribution in [0.2, 0.25) is 0 Å². The van der Waals surface area contributed by atoms with Crippen LogP contribution in [0.3, 0.4) is 0 Å². The van der Waals surface area contributed by atoms with Gasteiger partial charge in [-0.3, -0.25) is 13.9 Å². The Morgan fingerprint density at radius 2 is 2.06 bits per heavy atom. The molecule has 0 aliphatic carbocycles. The highest BCUT2D eigenvalue weighted by Crippen LogP contribution is 2.08. The highest BCUT2D eigenvalue weighted by atomic mass is 16.2. The third-order valence-electron chi connectivity index (χ3n) is 2.64. The zero-order chi connectivity index (χ0) is 12.6. The quantitative estimate of drug-likeness (QED) is 0.779. The third kappa shape index (κ3) is 1.63. The first-order valence-electron chi connectivity index (χ1n) is 5.53. The van der Waals surface area contributed by atoms with Crippen LogP contribution in [-0.4, -0.2) is 25.6 Å². The van der Waals surface area contributed by atoms with Crippen molar-refractivity contribution in [2.24, 2.45) is 7.05 Å². The number of nitrogens with one attached hydrogen (secondary N) is 2. The normalized spacial score (nSPS) is 11.0. The molecular weight excluding hydrogens is 222 g/mol. The number of nitrogens with zero attached hydrogens (tertiary/aromatic N) is 3. The summed E-state index contributed by atoms with van der Waals surface area (Å²) in [6, 6.07) is 0. The van der Waals surface area contributed by atoms with Gasteiger partial charge in [0.25, 0.3) is 5.56 Å². The van der Waals surface area contributed by atoms with Gasteiger partial charge in [0.2, 0.25) is 5.95 Å². The molecule has 2 heterocycles. The lowest BCUT2D eigenvalue weighted by Crippen LogP contribution is -2.37. The summed E-state index contributed by atoms with van der Waals surface area (Å²) in [6.07, 6.45) is 0. The summed E-state index contributed by atoms with van der Waals surface area (Å²) in [5.41, 5.74) is 0.0485. The Bertz CT molecular complexity index is 664. The van der Waals surface area contributed by atoms with Gasteiger partial charge in [-0.25, -0.2) is 4.79 Å². The first-order chi connectivity index (χ1) is 8.10. The number of hydrogen-bond acceptors (Lipinski definition) is 4. The molecule has 0 aliphatic rings. The number of fused-ring (bicyclic) bond motifs is 1. The Morgan fingerprint density at radius 3 is 2.65 bits per heavy atom. The van der Waals surface area contributed by atoms with Gasteiger partial charge >= 0.3 is 5.69 Å². The lowest BCUT2D eigenvalue weighted by Gasteiger charge is -2.04. The van der Waals surface area contributed by atoms with Gasteiger partial charge in [0.1, 0.15) is 0 Å². The Kier molecular flexibility index (Phi) is 2.74. The van der Waals surface area contributed by atoms with Crippen LogP contribution >= 0.6 is 0 Å². The number of imidazole rings is 1. The van der Waals surface area contributed by atoms with E-state index < -0.39 is 0 Å². The van der Waals surface area contributed by atoms with E-state index in [4.69, 9.17) is 0 Å². The van der Waals surface area contributed by atoms with Gasteiger partial charge in [0.15, 0.2) is 11.2 Å². The van der Waals surface area contributed by atoms with Crippen LogP contribution < -0.4 is 16.6 Å². The van der Waals surface area contributed by atoms with Crippen LogP contribution in [0.25, 0.3) is 11.2 Å². The topological polar surface area (TPSA) is 84.7 Å². The fourth-order valence-corrected chi connectivity index (χ4v) is 1.77. The Morgan fingerprint density at radius 1 is 1.35 bits per heavy atom. The number of aryl methyl sites for hydroxylation is 1. The minimum absolute atomic E-state index is 0.348. The predicted octanol–water partition coefficient (Wildman–Crippen LogP) is -0.125. The largest absolute Gasteiger partial charge is 0.356 e. The second-order valence-electron chi connectivity index (χ2n) is 3.71. The maximum absolute atomic E-state index is 11.9. The van der Waals surface area contributed by atoms with E-state index in [1.807, 2.05) is 13.8 Å². The average Bonchev–Trinajstić information content (AvgIpc) is 2.71. The molecule has 2 aromatic heterocycles. The molecule has 0 amide bonds. The zero-order valence-electron chi connectivity index (χ0n) is 10.1. The smallest absolute Gasteiger partial charge is 0.332 e. The van der Waals surface area contributed by atoms with Crippen molar-refractivity contribution in [3.05, 3.63) is 20.8 Å². The van der Waals surface area contributed by atoms with Gasteiger partial charge in [0, 0.05) is 20.1 Å². The van der Waals surface area contributed by atoms with Crippen molar-refractivity contribution in [1.29, 1.82) is 0 Å². The van der Waals surface area contributed by atoms with Gasteiger partial charge in [-0.1, -0.05) is 0 Å². The fraction of sp³-hybridized carbons (Fsp3) is 0.500. The molecule has 2 aromatic rings. The van der Waals surface area contributed by atoms with E-state index in [0.717, 1.165) is 4.57 Å². The van der Waals surface area contributed by atoms with Crippen molar-refractivity contribution >= 4 is 17.1 Å². The Hall–Kier alpha value is -2.05. The molecule has 0 radical (unpaired) electrons. The molecule has 17 heavy (non-hydrogen) atoms. The molecule has 0 atom stereocenters. The number of rotatable bonds is 3. The third-order valence-corrected chi connectivity index (χ3v) is 2.64. The first-order valence-corrected chi connectivity index (χ1v) is 5.53.